The van der Waals surface area contributed by atoms with E-state index in [1.807, 2.05) is 12.1 Å². The highest BCUT2D eigenvalue weighted by Gasteiger charge is 2.15. The first-order valence-electron chi connectivity index (χ1n) is 8.07. The molecule has 0 fully saturated rings. The van der Waals surface area contributed by atoms with Crippen molar-refractivity contribution in [3.63, 3.8) is 0 Å². The van der Waals surface area contributed by atoms with Gasteiger partial charge in [0.05, 0.1) is 12.2 Å². The molecule has 4 rings (SSSR count). The molecule has 0 saturated heterocycles. The Morgan fingerprint density at radius 1 is 0.957 bits per heavy atom. The minimum atomic E-state index is -0.682. The third kappa shape index (κ3) is 4.03. The number of aliphatic hydroxyl groups excluding tert-OH is 2. The molecule has 2 aromatic rings. The van der Waals surface area contributed by atoms with Crippen LogP contribution in [-0.2, 0) is 6.42 Å². The van der Waals surface area contributed by atoms with Gasteiger partial charge in [-0.2, -0.15) is 0 Å². The lowest BCUT2D eigenvalue weighted by atomic mass is 9.99. The lowest BCUT2D eigenvalue weighted by molar-refractivity contribution is 0.0740. The number of aryl methyl sites for hydroxylation is 1. The van der Waals surface area contributed by atoms with E-state index in [1.165, 1.54) is 0 Å². The van der Waals surface area contributed by atoms with Crippen LogP contribution in [0.25, 0.3) is 0 Å². The van der Waals surface area contributed by atoms with E-state index in [1.54, 1.807) is 30.3 Å². The molecule has 4 bridgehead atoms. The van der Waals surface area contributed by atoms with Crippen LogP contribution in [0.4, 0.5) is 0 Å². The summed E-state index contributed by atoms with van der Waals surface area (Å²) in [6.07, 6.45) is 2.54. The largest absolute Gasteiger partial charge is 0.504 e. The van der Waals surface area contributed by atoms with Crippen molar-refractivity contribution in [3.05, 3.63) is 53.6 Å². The normalized spacial score (nSPS) is 22.0. The Balaban J connectivity index is 1.90. The molecular weight excluding hydrogens is 292 g/mol. The first-order valence-corrected chi connectivity index (χ1v) is 8.07. The van der Waals surface area contributed by atoms with Gasteiger partial charge in [-0.15, -0.1) is 0 Å². The molecule has 4 heteroatoms. The maximum atomic E-state index is 10.2. The van der Waals surface area contributed by atoms with E-state index < -0.39 is 12.2 Å². The molecular formula is C19H22O4. The third-order valence-corrected chi connectivity index (χ3v) is 4.27. The number of ether oxygens (including phenoxy) is 1. The van der Waals surface area contributed by atoms with Gasteiger partial charge in [-0.05, 0) is 54.7 Å². The molecule has 122 valence electrons. The maximum Gasteiger partial charge on any atom is 0.169 e. The van der Waals surface area contributed by atoms with E-state index in [9.17, 15) is 15.3 Å². The highest BCUT2D eigenvalue weighted by molar-refractivity contribution is 5.45. The zero-order valence-corrected chi connectivity index (χ0v) is 13.0. The predicted molar refractivity (Wildman–Crippen MR) is 87.8 cm³/mol. The Labute approximate surface area is 136 Å². The van der Waals surface area contributed by atoms with Gasteiger partial charge in [0.15, 0.2) is 11.5 Å². The van der Waals surface area contributed by atoms with Gasteiger partial charge >= 0.3 is 0 Å². The van der Waals surface area contributed by atoms with Gasteiger partial charge in [-0.1, -0.05) is 24.6 Å². The number of aliphatic hydroxyl groups is 2. The minimum absolute atomic E-state index is 0.109. The van der Waals surface area contributed by atoms with E-state index in [2.05, 4.69) is 0 Å². The lowest BCUT2D eigenvalue weighted by Gasteiger charge is -2.16. The van der Waals surface area contributed by atoms with Gasteiger partial charge in [0.25, 0.3) is 0 Å². The number of phenols is 1. The molecule has 2 atom stereocenters. The summed E-state index contributed by atoms with van der Waals surface area (Å²) >= 11 is 0. The van der Waals surface area contributed by atoms with E-state index >= 15 is 0 Å². The standard InChI is InChI=1S/C19H22O4/c20-15-4-2-1-3-13-5-10-17(21)19(11-13)23-16-8-6-14(7-9-16)18(22)12-15/h5-11,15,18,20-22H,1-4,12H2/t15-,18-/m1/s1. The third-order valence-electron chi connectivity index (χ3n) is 4.27. The Hall–Kier alpha value is -2.04. The van der Waals surface area contributed by atoms with Crippen molar-refractivity contribution in [3.8, 4) is 17.2 Å². The highest BCUT2D eigenvalue weighted by atomic mass is 16.5. The van der Waals surface area contributed by atoms with Crippen molar-refractivity contribution < 1.29 is 20.1 Å². The van der Waals surface area contributed by atoms with Crippen molar-refractivity contribution in [2.45, 2.75) is 44.3 Å². The van der Waals surface area contributed by atoms with Gasteiger partial charge < -0.3 is 20.1 Å². The fourth-order valence-electron chi connectivity index (χ4n) is 2.90. The molecule has 2 heterocycles. The monoisotopic (exact) mass is 314 g/mol. The molecule has 0 aromatic heterocycles. The van der Waals surface area contributed by atoms with Crippen LogP contribution in [0.3, 0.4) is 0 Å². The van der Waals surface area contributed by atoms with Crippen LogP contribution in [0, 0.1) is 0 Å². The Kier molecular flexibility index (Phi) is 4.84. The van der Waals surface area contributed by atoms with Gasteiger partial charge in [0.2, 0.25) is 0 Å². The summed E-state index contributed by atoms with van der Waals surface area (Å²) in [4.78, 5) is 0. The zero-order chi connectivity index (χ0) is 16.2. The molecule has 2 aliphatic rings. The van der Waals surface area contributed by atoms with Crippen molar-refractivity contribution in [1.82, 2.24) is 0 Å². The topological polar surface area (TPSA) is 69.9 Å². The molecule has 2 aliphatic heterocycles. The summed E-state index contributed by atoms with van der Waals surface area (Å²) in [6.45, 7) is 0. The highest BCUT2D eigenvalue weighted by Crippen LogP contribution is 2.33. The number of benzene rings is 2. The maximum absolute atomic E-state index is 10.2. The molecule has 0 saturated carbocycles. The second-order valence-electron chi connectivity index (χ2n) is 6.12. The number of fused-ring (bicyclic) bond motifs is 8. The summed E-state index contributed by atoms with van der Waals surface area (Å²) in [5.41, 5.74) is 1.85. The number of aromatic hydroxyl groups is 1. The lowest BCUT2D eigenvalue weighted by Crippen LogP contribution is -2.12. The van der Waals surface area contributed by atoms with Crippen LogP contribution in [0.1, 0.15) is 42.9 Å². The van der Waals surface area contributed by atoms with Gasteiger partial charge in [-0.3, -0.25) is 0 Å². The van der Waals surface area contributed by atoms with Crippen LogP contribution in [0.5, 0.6) is 17.2 Å². The van der Waals surface area contributed by atoms with Crippen LogP contribution in [-0.4, -0.2) is 21.4 Å². The second kappa shape index (κ2) is 7.02. The van der Waals surface area contributed by atoms with Gasteiger partial charge in [0, 0.05) is 6.42 Å². The molecule has 0 unspecified atom stereocenters. The molecule has 0 radical (unpaired) electrons. The SMILES string of the molecule is Oc1ccc2cc1Oc1ccc(cc1)[C@H](O)C[C@H](O)CCCC2. The number of phenolic OH excluding ortho intramolecular Hbond substituents is 1. The van der Waals surface area contributed by atoms with E-state index in [0.717, 1.165) is 30.4 Å². The van der Waals surface area contributed by atoms with E-state index in [0.29, 0.717) is 24.3 Å². The van der Waals surface area contributed by atoms with E-state index in [-0.39, 0.29) is 5.75 Å². The van der Waals surface area contributed by atoms with Crippen LogP contribution in [0.2, 0.25) is 0 Å². The molecule has 23 heavy (non-hydrogen) atoms. The fourth-order valence-corrected chi connectivity index (χ4v) is 2.90. The molecule has 0 amide bonds. The molecule has 3 N–H and O–H groups in total. The molecule has 2 aromatic carbocycles. The summed E-state index contributed by atoms with van der Waals surface area (Å²) < 4.78 is 5.75. The Morgan fingerprint density at radius 3 is 2.52 bits per heavy atom. The number of hydrogen-bond donors (Lipinski definition) is 3. The number of rotatable bonds is 0. The van der Waals surface area contributed by atoms with Crippen LogP contribution in [0.15, 0.2) is 42.5 Å². The van der Waals surface area contributed by atoms with Crippen molar-refractivity contribution in [2.24, 2.45) is 0 Å². The second-order valence-corrected chi connectivity index (χ2v) is 6.12. The summed E-state index contributed by atoms with van der Waals surface area (Å²) in [7, 11) is 0. The van der Waals surface area contributed by atoms with Gasteiger partial charge in [0.1, 0.15) is 5.75 Å². The smallest absolute Gasteiger partial charge is 0.169 e. The van der Waals surface area contributed by atoms with Crippen LogP contribution < -0.4 is 4.74 Å². The Bertz CT molecular complexity index is 651. The average molecular weight is 314 g/mol. The summed E-state index contributed by atoms with van der Waals surface area (Å²) in [5, 5.41) is 30.2. The average Bonchev–Trinajstić information content (AvgIpc) is 2.55. The van der Waals surface area contributed by atoms with E-state index in [4.69, 9.17) is 4.74 Å². The molecule has 0 spiro atoms. The fraction of sp³-hybridized carbons (Fsp3) is 0.368. The van der Waals surface area contributed by atoms with Crippen molar-refractivity contribution in [2.75, 3.05) is 0 Å². The molecule has 0 aliphatic carbocycles. The first-order chi connectivity index (χ1) is 11.1. The minimum Gasteiger partial charge on any atom is -0.504 e. The summed E-state index contributed by atoms with van der Waals surface area (Å²) in [6, 6.07) is 12.5. The Morgan fingerprint density at radius 2 is 1.74 bits per heavy atom. The quantitative estimate of drug-likeness (QED) is 0.693. The summed E-state index contributed by atoms with van der Waals surface area (Å²) in [5.74, 6) is 1.15. The molecule has 4 nitrogen and oxygen atoms in total. The number of hydrogen-bond acceptors (Lipinski definition) is 4. The van der Waals surface area contributed by atoms with Crippen LogP contribution >= 0.6 is 0 Å². The van der Waals surface area contributed by atoms with Crippen molar-refractivity contribution >= 4 is 0 Å². The van der Waals surface area contributed by atoms with Gasteiger partial charge in [-0.25, -0.2) is 0 Å². The predicted octanol–water partition coefficient (Wildman–Crippen LogP) is 3.70. The first kappa shape index (κ1) is 15.8. The zero-order valence-electron chi connectivity index (χ0n) is 13.0. The van der Waals surface area contributed by atoms with Crippen molar-refractivity contribution in [1.29, 1.82) is 0 Å².